The maximum absolute atomic E-state index is 11.2. The summed E-state index contributed by atoms with van der Waals surface area (Å²) in [5, 5.41) is 6.68. The van der Waals surface area contributed by atoms with E-state index in [2.05, 4.69) is 49.5 Å². The number of guanidine groups is 1. The summed E-state index contributed by atoms with van der Waals surface area (Å²) in [5.74, 6) is 0.525. The first-order valence-electron chi connectivity index (χ1n) is 8.14. The largest absolute Gasteiger partial charge is 0.469 e. The predicted molar refractivity (Wildman–Crippen MR) is 92.8 cm³/mol. The third-order valence-electron chi connectivity index (χ3n) is 3.81. The van der Waals surface area contributed by atoms with Crippen molar-refractivity contribution in [1.29, 1.82) is 0 Å². The summed E-state index contributed by atoms with van der Waals surface area (Å²) in [6, 6.07) is 10.8. The first-order chi connectivity index (χ1) is 11.2. The van der Waals surface area contributed by atoms with Gasteiger partial charge < -0.3 is 20.3 Å². The lowest BCUT2D eigenvalue weighted by atomic mass is 10.3. The molecule has 23 heavy (non-hydrogen) atoms. The Hall–Kier alpha value is -2.24. The van der Waals surface area contributed by atoms with Crippen LogP contribution in [-0.2, 0) is 9.53 Å². The summed E-state index contributed by atoms with van der Waals surface area (Å²) < 4.78 is 4.63. The zero-order chi connectivity index (χ0) is 16.5. The molecule has 1 aromatic carbocycles. The molecular formula is C17H26N4O2. The van der Waals surface area contributed by atoms with Crippen molar-refractivity contribution in [2.45, 2.75) is 25.8 Å². The van der Waals surface area contributed by atoms with Crippen molar-refractivity contribution in [2.75, 3.05) is 38.2 Å². The topological polar surface area (TPSA) is 66.0 Å². The van der Waals surface area contributed by atoms with Gasteiger partial charge in [-0.1, -0.05) is 18.2 Å². The second-order valence-electron chi connectivity index (χ2n) is 5.50. The zero-order valence-electron chi connectivity index (χ0n) is 13.9. The molecule has 0 amide bonds. The molecule has 6 heteroatoms. The van der Waals surface area contributed by atoms with Crippen molar-refractivity contribution in [3.8, 4) is 0 Å². The highest BCUT2D eigenvalue weighted by Crippen LogP contribution is 2.19. The van der Waals surface area contributed by atoms with Crippen LogP contribution in [0.25, 0.3) is 0 Å². The van der Waals surface area contributed by atoms with Gasteiger partial charge in [0.2, 0.25) is 0 Å². The number of benzene rings is 1. The average Bonchev–Trinajstić information content (AvgIpc) is 3.04. The molecule has 0 aliphatic carbocycles. The van der Waals surface area contributed by atoms with Gasteiger partial charge in [-0.25, -0.2) is 0 Å². The minimum Gasteiger partial charge on any atom is -0.469 e. The molecule has 2 N–H and O–H groups in total. The fourth-order valence-corrected chi connectivity index (χ4v) is 2.63. The number of hydrogen-bond acceptors (Lipinski definition) is 4. The van der Waals surface area contributed by atoms with Gasteiger partial charge in [-0.05, 0) is 25.5 Å². The highest BCUT2D eigenvalue weighted by Gasteiger charge is 2.23. The van der Waals surface area contributed by atoms with E-state index in [1.807, 2.05) is 13.0 Å². The van der Waals surface area contributed by atoms with Crippen molar-refractivity contribution >= 4 is 17.6 Å². The van der Waals surface area contributed by atoms with E-state index in [-0.39, 0.29) is 5.97 Å². The molecule has 0 aromatic heterocycles. The van der Waals surface area contributed by atoms with Gasteiger partial charge in [0.05, 0.1) is 20.1 Å². The van der Waals surface area contributed by atoms with E-state index >= 15 is 0 Å². The Kier molecular flexibility index (Phi) is 6.72. The van der Waals surface area contributed by atoms with Gasteiger partial charge in [-0.3, -0.25) is 9.79 Å². The molecule has 1 unspecified atom stereocenters. The van der Waals surface area contributed by atoms with Gasteiger partial charge in [0.1, 0.15) is 0 Å². The minimum absolute atomic E-state index is 0.235. The summed E-state index contributed by atoms with van der Waals surface area (Å²) in [5.41, 5.74) is 1.25. The molecule has 1 aliphatic heterocycles. The smallest absolute Gasteiger partial charge is 0.307 e. The second kappa shape index (κ2) is 9.02. The highest BCUT2D eigenvalue weighted by molar-refractivity contribution is 5.80. The number of ether oxygens (including phenoxy) is 1. The first kappa shape index (κ1) is 17.1. The number of nitrogens with one attached hydrogen (secondary N) is 2. The van der Waals surface area contributed by atoms with E-state index in [1.54, 1.807) is 0 Å². The molecule has 1 fully saturated rings. The molecule has 0 spiro atoms. The van der Waals surface area contributed by atoms with Gasteiger partial charge in [0.15, 0.2) is 5.96 Å². The van der Waals surface area contributed by atoms with Gasteiger partial charge in [-0.2, -0.15) is 0 Å². The molecule has 1 heterocycles. The molecule has 6 nitrogen and oxygen atoms in total. The summed E-state index contributed by atoms with van der Waals surface area (Å²) in [4.78, 5) is 18.0. The molecule has 1 saturated heterocycles. The average molecular weight is 318 g/mol. The maximum Gasteiger partial charge on any atom is 0.307 e. The standard InChI is InChI=1S/C17H26N4O2/c1-3-18-17(19-11-9-16(22)23-2)20-14-10-12-21(13-14)15-7-5-4-6-8-15/h4-8,14H,3,9-13H2,1-2H3,(H2,18,19,20). The molecule has 1 aliphatic rings. The minimum atomic E-state index is -0.235. The fraction of sp³-hybridized carbons (Fsp3) is 0.529. The van der Waals surface area contributed by atoms with Crippen LogP contribution in [0.2, 0.25) is 0 Å². The maximum atomic E-state index is 11.2. The first-order valence-corrected chi connectivity index (χ1v) is 8.14. The lowest BCUT2D eigenvalue weighted by molar-refractivity contribution is -0.140. The number of carbonyl (C=O) groups excluding carboxylic acids is 1. The lowest BCUT2D eigenvalue weighted by Gasteiger charge is -2.20. The zero-order valence-corrected chi connectivity index (χ0v) is 13.9. The van der Waals surface area contributed by atoms with Gasteiger partial charge in [0, 0.05) is 31.4 Å². The van der Waals surface area contributed by atoms with E-state index in [1.165, 1.54) is 12.8 Å². The van der Waals surface area contributed by atoms with E-state index in [4.69, 9.17) is 0 Å². The van der Waals surface area contributed by atoms with Crippen molar-refractivity contribution < 1.29 is 9.53 Å². The van der Waals surface area contributed by atoms with Crippen LogP contribution in [0.15, 0.2) is 35.3 Å². The Bertz CT molecular complexity index is 519. The quantitative estimate of drug-likeness (QED) is 0.471. The van der Waals surface area contributed by atoms with Crippen LogP contribution in [0.4, 0.5) is 5.69 Å². The van der Waals surface area contributed by atoms with Crippen LogP contribution in [0.5, 0.6) is 0 Å². The summed E-state index contributed by atoms with van der Waals surface area (Å²) in [7, 11) is 1.40. The number of carbonyl (C=O) groups is 1. The van der Waals surface area contributed by atoms with Crippen molar-refractivity contribution in [3.05, 3.63) is 30.3 Å². The fourth-order valence-electron chi connectivity index (χ4n) is 2.63. The van der Waals surface area contributed by atoms with Crippen LogP contribution in [0.3, 0.4) is 0 Å². The number of anilines is 1. The summed E-state index contributed by atoms with van der Waals surface area (Å²) in [6.07, 6.45) is 1.37. The van der Waals surface area contributed by atoms with Crippen LogP contribution in [0, 0.1) is 0 Å². The Morgan fingerprint density at radius 2 is 2.17 bits per heavy atom. The number of aliphatic imine (C=N–C) groups is 1. The van der Waals surface area contributed by atoms with Gasteiger partial charge >= 0.3 is 5.97 Å². The number of hydrogen-bond donors (Lipinski definition) is 2. The van der Waals surface area contributed by atoms with Crippen molar-refractivity contribution in [2.24, 2.45) is 4.99 Å². The monoisotopic (exact) mass is 318 g/mol. The van der Waals surface area contributed by atoms with E-state index in [9.17, 15) is 4.79 Å². The van der Waals surface area contributed by atoms with Crippen LogP contribution in [-0.4, -0.2) is 51.3 Å². The Morgan fingerprint density at radius 3 is 2.87 bits per heavy atom. The van der Waals surface area contributed by atoms with E-state index in [0.29, 0.717) is 19.0 Å². The van der Waals surface area contributed by atoms with Crippen molar-refractivity contribution in [3.63, 3.8) is 0 Å². The van der Waals surface area contributed by atoms with E-state index < -0.39 is 0 Å². The van der Waals surface area contributed by atoms with Crippen LogP contribution in [0.1, 0.15) is 19.8 Å². The second-order valence-corrected chi connectivity index (χ2v) is 5.50. The molecule has 0 radical (unpaired) electrons. The van der Waals surface area contributed by atoms with Gasteiger partial charge in [-0.15, -0.1) is 0 Å². The molecule has 0 bridgehead atoms. The summed E-state index contributed by atoms with van der Waals surface area (Å²) in [6.45, 7) is 5.23. The lowest BCUT2D eigenvalue weighted by Crippen LogP contribution is -2.44. The number of nitrogens with zero attached hydrogens (tertiary/aromatic N) is 2. The highest BCUT2D eigenvalue weighted by atomic mass is 16.5. The third-order valence-corrected chi connectivity index (χ3v) is 3.81. The molecule has 1 aromatic rings. The molecule has 2 rings (SSSR count). The Labute approximate surface area is 137 Å². The molecule has 0 saturated carbocycles. The number of methoxy groups -OCH3 is 1. The van der Waals surface area contributed by atoms with Gasteiger partial charge in [0.25, 0.3) is 0 Å². The molecule has 1 atom stereocenters. The Balaban J connectivity index is 1.85. The Morgan fingerprint density at radius 1 is 1.39 bits per heavy atom. The predicted octanol–water partition coefficient (Wildman–Crippen LogP) is 1.38. The number of esters is 1. The van der Waals surface area contributed by atoms with Crippen LogP contribution < -0.4 is 15.5 Å². The number of para-hydroxylation sites is 1. The third kappa shape index (κ3) is 5.47. The van der Waals surface area contributed by atoms with Crippen molar-refractivity contribution in [1.82, 2.24) is 10.6 Å². The number of rotatable bonds is 6. The molecular weight excluding hydrogens is 292 g/mol. The molecule has 126 valence electrons. The summed E-state index contributed by atoms with van der Waals surface area (Å²) >= 11 is 0. The normalized spacial score (nSPS) is 17.9. The van der Waals surface area contributed by atoms with E-state index in [0.717, 1.165) is 32.0 Å². The van der Waals surface area contributed by atoms with Crippen LogP contribution >= 0.6 is 0 Å². The SMILES string of the molecule is CCNC(=NCCC(=O)OC)NC1CCN(c2ccccc2)C1.